The first-order valence-electron chi connectivity index (χ1n) is 13.9. The van der Waals surface area contributed by atoms with Gasteiger partial charge in [-0.05, 0) is 38.8 Å². The molecule has 199 valence electrons. The fourth-order valence-corrected chi connectivity index (χ4v) is 19.7. The van der Waals surface area contributed by atoms with E-state index in [0.29, 0.717) is 46.5 Å². The minimum atomic E-state index is -2.12. The minimum absolute atomic E-state index is 0.0701. The van der Waals surface area contributed by atoms with Gasteiger partial charge in [0.1, 0.15) is 8.24 Å². The van der Waals surface area contributed by atoms with Gasteiger partial charge >= 0.3 is 7.62 Å². The van der Waals surface area contributed by atoms with Crippen LogP contribution in [0.1, 0.15) is 88.6 Å². The van der Waals surface area contributed by atoms with E-state index in [-0.39, 0.29) is 12.3 Å². The molecule has 4 nitrogen and oxygen atoms in total. The lowest BCUT2D eigenvalue weighted by Crippen LogP contribution is -2.65. The quantitative estimate of drug-likeness (QED) is 0.247. The van der Waals surface area contributed by atoms with Crippen molar-refractivity contribution in [1.29, 1.82) is 0 Å². The number of ether oxygens (including phenoxy) is 1. The Morgan fingerprint density at radius 2 is 1.26 bits per heavy atom. The molecule has 7 heteroatoms. The van der Waals surface area contributed by atoms with Gasteiger partial charge in [0.25, 0.3) is 0 Å². The lowest BCUT2D eigenvalue weighted by molar-refractivity contribution is -0.0406. The third-order valence-corrected chi connectivity index (χ3v) is 21.6. The molecule has 2 atom stereocenters. The van der Waals surface area contributed by atoms with Gasteiger partial charge < -0.3 is 18.3 Å². The minimum Gasteiger partial charge on any atom is -0.399 e. The summed E-state index contributed by atoms with van der Waals surface area (Å²) >= 11 is 0. The Labute approximate surface area is 220 Å². The summed E-state index contributed by atoms with van der Waals surface area (Å²) in [5, 5.41) is 0. The van der Waals surface area contributed by atoms with Gasteiger partial charge in [-0.1, -0.05) is 113 Å². The summed E-state index contributed by atoms with van der Waals surface area (Å²) < 4.78 is 22.8. The molecule has 2 rings (SSSR count). The highest BCUT2D eigenvalue weighted by Crippen LogP contribution is 2.48. The fraction of sp³-hybridized carbons (Fsp3) is 0.786. The molecule has 0 amide bonds. The molecule has 1 heterocycles. The maximum atomic E-state index is 7.25. The zero-order valence-corrected chi connectivity index (χ0v) is 26.7. The fourth-order valence-electron chi connectivity index (χ4n) is 7.44. The lowest BCUT2D eigenvalue weighted by atomic mass is 10.2. The Balaban J connectivity index is 2.45. The molecule has 1 saturated heterocycles. The molecule has 0 saturated carbocycles. The van der Waals surface area contributed by atoms with Crippen LogP contribution in [0.3, 0.4) is 0 Å². The van der Waals surface area contributed by atoms with Crippen LogP contribution in [0.15, 0.2) is 30.3 Å². The molecular weight excluding hydrogens is 465 g/mol. The zero-order valence-electron chi connectivity index (χ0n) is 24.7. The second-order valence-corrected chi connectivity index (χ2v) is 23.5. The Bertz CT molecular complexity index is 714. The molecule has 1 aliphatic heterocycles. The number of benzene rings is 1. The summed E-state index contributed by atoms with van der Waals surface area (Å²) in [5.74, 6) is 0. The number of nitrogens with zero attached hydrogens (tertiary/aromatic N) is 1. The van der Waals surface area contributed by atoms with Crippen molar-refractivity contribution < 1.29 is 13.8 Å². The molecule has 1 aliphatic rings. The summed E-state index contributed by atoms with van der Waals surface area (Å²) in [6.07, 6.45) is -0.284. The Morgan fingerprint density at radius 3 is 1.69 bits per heavy atom. The molecule has 1 aromatic carbocycles. The standard InChI is InChI=1S/C28H53BNO3Si2/c1-20(2)34(21(3)4,22(5)6)30-27(19-31-18-26-16-14-13-15-17-26)28(32-29-30)33-35(23(7)8,24(9)10)25(11)12/h13-17,20-25,27-28H,18-19H2,1-12H3/t27-,28?/m0/s1. The van der Waals surface area contributed by atoms with Crippen molar-refractivity contribution in [3.05, 3.63) is 35.9 Å². The number of hydrogen-bond donors (Lipinski definition) is 0. The van der Waals surface area contributed by atoms with Crippen molar-refractivity contribution in [3.63, 3.8) is 0 Å². The largest absolute Gasteiger partial charge is 0.399 e. The van der Waals surface area contributed by atoms with E-state index < -0.39 is 16.6 Å². The predicted octanol–water partition coefficient (Wildman–Crippen LogP) is 8.13. The Hall–Kier alpha value is -0.441. The van der Waals surface area contributed by atoms with E-state index >= 15 is 0 Å². The van der Waals surface area contributed by atoms with Crippen molar-refractivity contribution in [2.75, 3.05) is 6.61 Å². The zero-order chi connectivity index (χ0) is 26.6. The highest BCUT2D eigenvalue weighted by atomic mass is 28.4. The van der Waals surface area contributed by atoms with Crippen LogP contribution in [0.5, 0.6) is 0 Å². The monoisotopic (exact) mass is 518 g/mol. The van der Waals surface area contributed by atoms with Crippen LogP contribution in [-0.4, -0.2) is 47.6 Å². The summed E-state index contributed by atoms with van der Waals surface area (Å²) in [6, 6.07) is 10.5. The first-order valence-corrected chi connectivity index (χ1v) is 18.2. The molecule has 0 N–H and O–H groups in total. The second kappa shape index (κ2) is 12.9. The molecule has 1 fully saturated rings. The van der Waals surface area contributed by atoms with Gasteiger partial charge in [0, 0.05) is 0 Å². The van der Waals surface area contributed by atoms with E-state index in [1.54, 1.807) is 0 Å². The smallest absolute Gasteiger partial charge is 0.393 e. The van der Waals surface area contributed by atoms with Crippen LogP contribution in [-0.2, 0) is 20.4 Å². The van der Waals surface area contributed by atoms with Crippen molar-refractivity contribution in [3.8, 4) is 0 Å². The molecule has 0 aliphatic carbocycles. The molecule has 0 bridgehead atoms. The lowest BCUT2D eigenvalue weighted by Gasteiger charge is -2.52. The summed E-state index contributed by atoms with van der Waals surface area (Å²) in [7, 11) is -2.05. The molecule has 35 heavy (non-hydrogen) atoms. The van der Waals surface area contributed by atoms with Gasteiger partial charge in [-0.3, -0.25) is 0 Å². The number of hydrogen-bond acceptors (Lipinski definition) is 4. The SMILES string of the molecule is CC(C)[Si](OC1O[B]N([Si](C(C)C)(C(C)C)C(C)C)[C@H]1COCc1ccccc1)(C(C)C)C(C)C. The van der Waals surface area contributed by atoms with E-state index in [1.807, 2.05) is 7.62 Å². The summed E-state index contributed by atoms with van der Waals surface area (Å²) in [4.78, 5) is 0. The molecule has 0 aromatic heterocycles. The van der Waals surface area contributed by atoms with Crippen LogP contribution in [0, 0.1) is 0 Å². The van der Waals surface area contributed by atoms with E-state index in [2.05, 4.69) is 118 Å². The maximum Gasteiger partial charge on any atom is 0.393 e. The predicted molar refractivity (Wildman–Crippen MR) is 156 cm³/mol. The first-order chi connectivity index (χ1) is 16.3. The van der Waals surface area contributed by atoms with E-state index in [4.69, 9.17) is 13.8 Å². The molecule has 1 radical (unpaired) electrons. The van der Waals surface area contributed by atoms with Crippen molar-refractivity contribution >= 4 is 24.2 Å². The van der Waals surface area contributed by atoms with Crippen LogP contribution in [0.2, 0.25) is 33.2 Å². The van der Waals surface area contributed by atoms with Crippen LogP contribution >= 0.6 is 0 Å². The normalized spacial score (nSPS) is 20.3. The van der Waals surface area contributed by atoms with E-state index in [1.165, 1.54) is 5.56 Å². The average molecular weight is 519 g/mol. The molecule has 0 spiro atoms. The molecule has 1 aromatic rings. The molecule has 1 unspecified atom stereocenters. The summed E-state index contributed by atoms with van der Waals surface area (Å²) in [5.41, 5.74) is 4.48. The first kappa shape index (κ1) is 30.8. The summed E-state index contributed by atoms with van der Waals surface area (Å²) in [6.45, 7) is 29.7. The third-order valence-electron chi connectivity index (χ3n) is 8.63. The third kappa shape index (κ3) is 6.18. The number of rotatable bonds is 13. The van der Waals surface area contributed by atoms with Gasteiger partial charge in [0.2, 0.25) is 8.32 Å². The van der Waals surface area contributed by atoms with E-state index in [0.717, 1.165) is 0 Å². The van der Waals surface area contributed by atoms with Crippen molar-refractivity contribution in [2.24, 2.45) is 0 Å². The van der Waals surface area contributed by atoms with Gasteiger partial charge in [-0.15, -0.1) is 0 Å². The highest BCUT2D eigenvalue weighted by Gasteiger charge is 2.57. The van der Waals surface area contributed by atoms with Crippen LogP contribution in [0.4, 0.5) is 0 Å². The van der Waals surface area contributed by atoms with Gasteiger partial charge in [-0.25, -0.2) is 0 Å². The topological polar surface area (TPSA) is 30.9 Å². The average Bonchev–Trinajstić information content (AvgIpc) is 3.14. The van der Waals surface area contributed by atoms with Crippen molar-refractivity contribution in [2.45, 2.75) is 135 Å². The van der Waals surface area contributed by atoms with Crippen LogP contribution < -0.4 is 0 Å². The maximum absolute atomic E-state index is 7.25. The molecular formula is C28H53BNO3Si2. The van der Waals surface area contributed by atoms with Crippen molar-refractivity contribution in [1.82, 2.24) is 4.48 Å². The highest BCUT2D eigenvalue weighted by molar-refractivity contribution is 6.85. The van der Waals surface area contributed by atoms with Crippen LogP contribution in [0.25, 0.3) is 0 Å². The van der Waals surface area contributed by atoms with E-state index in [9.17, 15) is 0 Å². The second-order valence-electron chi connectivity index (χ2n) is 12.4. The Morgan fingerprint density at radius 1 is 0.771 bits per heavy atom. The van der Waals surface area contributed by atoms with Gasteiger partial charge in [0.15, 0.2) is 6.29 Å². The Kier molecular flexibility index (Phi) is 11.3. The van der Waals surface area contributed by atoms with Gasteiger partial charge in [-0.2, -0.15) is 0 Å². The van der Waals surface area contributed by atoms with Gasteiger partial charge in [0.05, 0.1) is 19.3 Å².